The lowest BCUT2D eigenvalue weighted by atomic mass is 9.93. The minimum atomic E-state index is -0.315. The first-order valence-electron chi connectivity index (χ1n) is 9.63. The Morgan fingerprint density at radius 3 is 2.90 bits per heavy atom. The van der Waals surface area contributed by atoms with Crippen molar-refractivity contribution < 1.29 is 13.9 Å². The third kappa shape index (κ3) is 2.80. The number of nitrogen functional groups attached to an aromatic ring is 1. The number of benzene rings is 2. The van der Waals surface area contributed by atoms with Crippen molar-refractivity contribution in [2.24, 2.45) is 0 Å². The Bertz CT molecular complexity index is 1300. The molecule has 0 spiro atoms. The molecule has 1 aliphatic heterocycles. The van der Waals surface area contributed by atoms with E-state index in [2.05, 4.69) is 9.97 Å². The highest BCUT2D eigenvalue weighted by atomic mass is 19.1. The van der Waals surface area contributed by atoms with E-state index in [1.165, 1.54) is 12.1 Å². The first-order valence-corrected chi connectivity index (χ1v) is 9.63. The third-order valence-electron chi connectivity index (χ3n) is 5.76. The molecule has 2 aromatic heterocycles. The number of fused-ring (bicyclic) bond motifs is 4. The molecule has 4 aromatic rings. The van der Waals surface area contributed by atoms with Crippen molar-refractivity contribution in [3.05, 3.63) is 71.4 Å². The molecule has 2 N–H and O–H groups in total. The molecule has 1 amide bonds. The van der Waals surface area contributed by atoms with Gasteiger partial charge in [-0.3, -0.25) is 9.20 Å². The fraction of sp³-hybridized carbons (Fsp3) is 0.227. The lowest BCUT2D eigenvalue weighted by Crippen LogP contribution is -2.37. The number of halogens is 1. The van der Waals surface area contributed by atoms with Crippen molar-refractivity contribution in [3.63, 3.8) is 0 Å². The van der Waals surface area contributed by atoms with Crippen molar-refractivity contribution in [2.75, 3.05) is 19.4 Å². The number of rotatable bonds is 2. The maximum Gasteiger partial charge on any atom is 0.254 e. The first kappa shape index (κ1) is 18.5. The first-order chi connectivity index (χ1) is 14.4. The molecule has 8 heteroatoms. The molecule has 5 rings (SSSR count). The van der Waals surface area contributed by atoms with Crippen LogP contribution in [-0.2, 0) is 4.74 Å². The van der Waals surface area contributed by atoms with Gasteiger partial charge in [-0.1, -0.05) is 6.07 Å². The molecule has 30 heavy (non-hydrogen) atoms. The zero-order valence-electron chi connectivity index (χ0n) is 16.5. The highest BCUT2D eigenvalue weighted by Gasteiger charge is 2.31. The van der Waals surface area contributed by atoms with Crippen LogP contribution in [0, 0.1) is 5.82 Å². The van der Waals surface area contributed by atoms with Gasteiger partial charge in [-0.05, 0) is 48.4 Å². The Kier molecular flexibility index (Phi) is 4.18. The second-order valence-corrected chi connectivity index (χ2v) is 7.53. The maximum absolute atomic E-state index is 13.7. The summed E-state index contributed by atoms with van der Waals surface area (Å²) < 4.78 is 21.4. The summed E-state index contributed by atoms with van der Waals surface area (Å²) in [5.74, 6) is -0.0987. The number of carbonyl (C=O) groups excluding carboxylic acids is 1. The average Bonchev–Trinajstić information content (AvgIpc) is 3.24. The molecule has 0 radical (unpaired) electrons. The van der Waals surface area contributed by atoms with E-state index in [4.69, 9.17) is 10.5 Å². The fourth-order valence-electron chi connectivity index (χ4n) is 4.09. The molecule has 0 bridgehead atoms. The molecule has 1 aliphatic rings. The van der Waals surface area contributed by atoms with Gasteiger partial charge in [0.05, 0.1) is 42.3 Å². The van der Waals surface area contributed by atoms with Crippen LogP contribution in [-0.4, -0.2) is 38.8 Å². The van der Waals surface area contributed by atoms with Gasteiger partial charge >= 0.3 is 0 Å². The van der Waals surface area contributed by atoms with Gasteiger partial charge in [0.15, 0.2) is 0 Å². The Morgan fingerprint density at radius 1 is 1.23 bits per heavy atom. The molecule has 152 valence electrons. The minimum Gasteiger partial charge on any atom is -0.382 e. The number of anilines is 1. The molecular weight excluding hydrogens is 385 g/mol. The van der Waals surface area contributed by atoms with Crippen molar-refractivity contribution in [2.45, 2.75) is 19.1 Å². The van der Waals surface area contributed by atoms with Gasteiger partial charge in [-0.2, -0.15) is 0 Å². The topological polar surface area (TPSA) is 85.8 Å². The summed E-state index contributed by atoms with van der Waals surface area (Å²) in [6.45, 7) is 2.23. The van der Waals surface area contributed by atoms with Gasteiger partial charge in [0, 0.05) is 12.6 Å². The molecule has 0 fully saturated rings. The quantitative estimate of drug-likeness (QED) is 0.552. The smallest absolute Gasteiger partial charge is 0.254 e. The molecular formula is C22H20FN5O2. The van der Waals surface area contributed by atoms with Gasteiger partial charge in [0.1, 0.15) is 17.2 Å². The van der Waals surface area contributed by atoms with E-state index in [1.807, 2.05) is 11.3 Å². The average molecular weight is 405 g/mol. The Morgan fingerprint density at radius 2 is 2.07 bits per heavy atom. The summed E-state index contributed by atoms with van der Waals surface area (Å²) >= 11 is 0. The number of likely N-dealkylation sites (N-methyl/N-ethyl adjacent to an activating group) is 1. The second kappa shape index (κ2) is 6.77. The van der Waals surface area contributed by atoms with Crippen molar-refractivity contribution in [1.29, 1.82) is 0 Å². The van der Waals surface area contributed by atoms with E-state index in [1.54, 1.807) is 48.7 Å². The number of nitrogens with zero attached hydrogens (tertiary/aromatic N) is 4. The van der Waals surface area contributed by atoms with Crippen LogP contribution in [0.25, 0.3) is 16.6 Å². The summed E-state index contributed by atoms with van der Waals surface area (Å²) in [7, 11) is 1.73. The molecule has 7 nitrogen and oxygen atoms in total. The van der Waals surface area contributed by atoms with E-state index in [0.717, 1.165) is 16.6 Å². The SMILES string of the molecule is C[C@@H]1OC[C@@H](N(C)C(=O)c2ccc3nc(N)c4cncn4c3c2)c2ccc(F)cc21. The zero-order chi connectivity index (χ0) is 21.0. The van der Waals surface area contributed by atoms with Crippen LogP contribution >= 0.6 is 0 Å². The highest BCUT2D eigenvalue weighted by molar-refractivity contribution is 5.98. The predicted molar refractivity (Wildman–Crippen MR) is 111 cm³/mol. The summed E-state index contributed by atoms with van der Waals surface area (Å²) in [6.07, 6.45) is 3.07. The molecule has 0 unspecified atom stereocenters. The van der Waals surface area contributed by atoms with Crippen LogP contribution in [0.1, 0.15) is 40.6 Å². The van der Waals surface area contributed by atoms with Gasteiger partial charge < -0.3 is 15.4 Å². The lowest BCUT2D eigenvalue weighted by molar-refractivity contribution is 0.00475. The zero-order valence-corrected chi connectivity index (χ0v) is 16.5. The number of ether oxygens (including phenoxy) is 1. The summed E-state index contributed by atoms with van der Waals surface area (Å²) in [6, 6.07) is 9.62. The number of carbonyl (C=O) groups is 1. The van der Waals surface area contributed by atoms with Crippen LogP contribution in [0.3, 0.4) is 0 Å². The number of hydrogen-bond acceptors (Lipinski definition) is 5. The maximum atomic E-state index is 13.7. The second-order valence-electron chi connectivity index (χ2n) is 7.53. The minimum absolute atomic E-state index is 0.166. The molecule has 0 aliphatic carbocycles. The summed E-state index contributed by atoms with van der Waals surface area (Å²) in [5, 5.41) is 0. The number of aromatic nitrogens is 3. The van der Waals surface area contributed by atoms with E-state index in [-0.39, 0.29) is 23.9 Å². The van der Waals surface area contributed by atoms with Gasteiger partial charge in [0.2, 0.25) is 0 Å². The fourth-order valence-corrected chi connectivity index (χ4v) is 4.09. The molecule has 2 aromatic carbocycles. The van der Waals surface area contributed by atoms with E-state index in [9.17, 15) is 9.18 Å². The molecule has 3 heterocycles. The number of nitrogens with two attached hydrogens (primary N) is 1. The molecule has 0 saturated carbocycles. The van der Waals surface area contributed by atoms with Crippen LogP contribution in [0.15, 0.2) is 48.9 Å². The molecule has 0 saturated heterocycles. The predicted octanol–water partition coefficient (Wildman–Crippen LogP) is 3.51. The van der Waals surface area contributed by atoms with Gasteiger partial charge in [0.25, 0.3) is 5.91 Å². The highest BCUT2D eigenvalue weighted by Crippen LogP contribution is 2.36. The molecule has 2 atom stereocenters. The van der Waals surface area contributed by atoms with Crippen LogP contribution in [0.5, 0.6) is 0 Å². The lowest BCUT2D eigenvalue weighted by Gasteiger charge is -2.36. The van der Waals surface area contributed by atoms with E-state index in [0.29, 0.717) is 29.0 Å². The van der Waals surface area contributed by atoms with Crippen molar-refractivity contribution in [3.8, 4) is 0 Å². The van der Waals surface area contributed by atoms with E-state index >= 15 is 0 Å². The third-order valence-corrected chi connectivity index (χ3v) is 5.76. The van der Waals surface area contributed by atoms with Gasteiger partial charge in [-0.15, -0.1) is 0 Å². The van der Waals surface area contributed by atoms with Crippen LogP contribution in [0.2, 0.25) is 0 Å². The summed E-state index contributed by atoms with van der Waals surface area (Å²) in [4.78, 5) is 23.5. The van der Waals surface area contributed by atoms with Crippen molar-refractivity contribution >= 4 is 28.3 Å². The number of imidazole rings is 1. The Balaban J connectivity index is 1.54. The Labute approximate surface area is 171 Å². The number of amides is 1. The van der Waals surface area contributed by atoms with Gasteiger partial charge in [-0.25, -0.2) is 14.4 Å². The van der Waals surface area contributed by atoms with Crippen LogP contribution < -0.4 is 5.73 Å². The number of hydrogen-bond donors (Lipinski definition) is 1. The Hall–Kier alpha value is -3.52. The van der Waals surface area contributed by atoms with E-state index < -0.39 is 0 Å². The van der Waals surface area contributed by atoms with Crippen LogP contribution in [0.4, 0.5) is 10.2 Å². The summed E-state index contributed by atoms with van der Waals surface area (Å²) in [5.41, 5.74) is 10.3. The largest absolute Gasteiger partial charge is 0.382 e. The van der Waals surface area contributed by atoms with Crippen molar-refractivity contribution in [1.82, 2.24) is 19.3 Å². The monoisotopic (exact) mass is 405 g/mol. The standard InChI is InChI=1S/C22H20FN5O2/c1-12-16-8-14(23)4-5-15(16)20(10-30-12)27(2)22(29)13-3-6-17-18(7-13)28-11-25-9-19(28)21(24)26-17/h3-9,11-12,20H,10H2,1-2H3,(H2,24,26)/t12-,20+/m0/s1. The normalized spacial score (nSPS) is 18.5.